The van der Waals surface area contributed by atoms with Crippen LogP contribution in [0.2, 0.25) is 0 Å². The Balaban J connectivity index is 1.94. The summed E-state index contributed by atoms with van der Waals surface area (Å²) in [6, 6.07) is -1.20. The van der Waals surface area contributed by atoms with Gasteiger partial charge in [-0.1, -0.05) is 0 Å². The van der Waals surface area contributed by atoms with Gasteiger partial charge in [0.15, 0.2) is 0 Å². The summed E-state index contributed by atoms with van der Waals surface area (Å²) in [5.41, 5.74) is -1.12. The van der Waals surface area contributed by atoms with E-state index in [0.717, 1.165) is 12.1 Å². The van der Waals surface area contributed by atoms with Crippen molar-refractivity contribution < 1.29 is 39.0 Å². The molecule has 0 spiro atoms. The Morgan fingerprint density at radius 1 is 0.778 bits per heavy atom. The zero-order valence-electron chi connectivity index (χ0n) is 18.3. The van der Waals surface area contributed by atoms with Crippen LogP contribution in [0.25, 0.3) is 0 Å². The SMILES string of the molecule is O=[C]c1cc(C(=O)N[C@@H](Cc2c[nH]cn2)C(=O)O)c(C(=O)N[C@@H](Cc2c[nH]cn2)C(=O)O)cc1[C]=O. The highest BCUT2D eigenvalue weighted by Crippen LogP contribution is 2.17. The molecule has 36 heavy (non-hydrogen) atoms. The predicted octanol–water partition coefficient (Wildman–Crippen LogP) is -1.10. The number of amides is 2. The second-order valence-electron chi connectivity index (χ2n) is 7.41. The third-order valence-electron chi connectivity index (χ3n) is 5.01. The molecule has 0 bridgehead atoms. The summed E-state index contributed by atoms with van der Waals surface area (Å²) >= 11 is 0. The van der Waals surface area contributed by atoms with Crippen LogP contribution in [0.15, 0.2) is 37.2 Å². The molecule has 0 aliphatic carbocycles. The minimum atomic E-state index is -1.47. The van der Waals surface area contributed by atoms with Gasteiger partial charge in [0, 0.05) is 36.4 Å². The lowest BCUT2D eigenvalue weighted by Gasteiger charge is -2.18. The fourth-order valence-electron chi connectivity index (χ4n) is 3.24. The average molecular weight is 494 g/mol. The first kappa shape index (κ1) is 25.5. The molecule has 3 aromatic rings. The number of benzene rings is 1. The van der Waals surface area contributed by atoms with E-state index >= 15 is 0 Å². The lowest BCUT2D eigenvalue weighted by molar-refractivity contribution is -0.140. The normalized spacial score (nSPS) is 12.2. The monoisotopic (exact) mass is 494 g/mol. The Labute approximate surface area is 202 Å². The maximum Gasteiger partial charge on any atom is 0.326 e. The highest BCUT2D eigenvalue weighted by atomic mass is 16.4. The Morgan fingerprint density at radius 2 is 1.17 bits per heavy atom. The van der Waals surface area contributed by atoms with E-state index in [1.807, 2.05) is 0 Å². The van der Waals surface area contributed by atoms with Crippen molar-refractivity contribution in [2.24, 2.45) is 0 Å². The Morgan fingerprint density at radius 3 is 1.44 bits per heavy atom. The molecule has 14 nitrogen and oxygen atoms in total. The molecule has 2 aromatic heterocycles. The van der Waals surface area contributed by atoms with Crippen molar-refractivity contribution in [2.75, 3.05) is 0 Å². The molecule has 1 aromatic carbocycles. The third-order valence-corrected chi connectivity index (χ3v) is 5.01. The average Bonchev–Trinajstić information content (AvgIpc) is 3.56. The fraction of sp³-hybridized carbons (Fsp3) is 0.182. The molecule has 2 radical (unpaired) electrons. The Bertz CT molecular complexity index is 1190. The number of rotatable bonds is 12. The number of hydrogen-bond acceptors (Lipinski definition) is 8. The van der Waals surface area contributed by atoms with E-state index < -0.39 is 58.1 Å². The highest BCUT2D eigenvalue weighted by molar-refractivity contribution is 6.11. The lowest BCUT2D eigenvalue weighted by atomic mass is 9.97. The van der Waals surface area contributed by atoms with Gasteiger partial charge in [-0.25, -0.2) is 19.6 Å². The summed E-state index contributed by atoms with van der Waals surface area (Å²) in [5, 5.41) is 23.5. The van der Waals surface area contributed by atoms with Gasteiger partial charge in [0.25, 0.3) is 11.8 Å². The molecular weight excluding hydrogens is 476 g/mol. The second kappa shape index (κ2) is 11.3. The molecule has 3 rings (SSSR count). The summed E-state index contributed by atoms with van der Waals surface area (Å²) in [6.07, 6.45) is 7.99. The molecule has 14 heteroatoms. The molecule has 2 amide bonds. The van der Waals surface area contributed by atoms with Crippen LogP contribution in [-0.2, 0) is 32.0 Å². The van der Waals surface area contributed by atoms with Gasteiger partial charge in [-0.15, -0.1) is 0 Å². The number of carbonyl (C=O) groups is 4. The molecule has 0 fully saturated rings. The van der Waals surface area contributed by atoms with Gasteiger partial charge in [-0.05, 0) is 12.1 Å². The quantitative estimate of drug-likeness (QED) is 0.178. The predicted molar refractivity (Wildman–Crippen MR) is 118 cm³/mol. The summed E-state index contributed by atoms with van der Waals surface area (Å²) in [4.78, 5) is 85.1. The molecular formula is C22H18N6O8. The maximum absolute atomic E-state index is 13.0. The van der Waals surface area contributed by atoms with Crippen LogP contribution in [0.5, 0.6) is 0 Å². The van der Waals surface area contributed by atoms with Crippen LogP contribution in [0.1, 0.15) is 43.2 Å². The molecule has 0 aliphatic rings. The number of carboxylic acid groups (broad SMARTS) is 2. The van der Waals surface area contributed by atoms with Crippen molar-refractivity contribution in [1.82, 2.24) is 30.6 Å². The van der Waals surface area contributed by atoms with E-state index in [2.05, 4.69) is 30.6 Å². The van der Waals surface area contributed by atoms with Crippen molar-refractivity contribution in [3.05, 3.63) is 70.8 Å². The Kier molecular flexibility index (Phi) is 8.02. The smallest absolute Gasteiger partial charge is 0.326 e. The number of H-pyrrole nitrogens is 2. The number of nitrogens with zero attached hydrogens (tertiary/aromatic N) is 2. The van der Waals surface area contributed by atoms with Crippen LogP contribution in [-0.4, -0.2) is 78.6 Å². The molecule has 6 N–H and O–H groups in total. The fourth-order valence-corrected chi connectivity index (χ4v) is 3.24. The van der Waals surface area contributed by atoms with Gasteiger partial charge in [-0.2, -0.15) is 0 Å². The number of imidazole rings is 2. The first-order valence-electron chi connectivity index (χ1n) is 10.2. The van der Waals surface area contributed by atoms with E-state index in [-0.39, 0.29) is 12.8 Å². The zero-order valence-corrected chi connectivity index (χ0v) is 18.3. The van der Waals surface area contributed by atoms with E-state index in [0.29, 0.717) is 11.4 Å². The van der Waals surface area contributed by atoms with Crippen molar-refractivity contribution in [2.45, 2.75) is 24.9 Å². The van der Waals surface area contributed by atoms with Crippen molar-refractivity contribution in [1.29, 1.82) is 0 Å². The molecule has 2 heterocycles. The van der Waals surface area contributed by atoms with E-state index in [1.165, 1.54) is 37.6 Å². The van der Waals surface area contributed by atoms with Crippen molar-refractivity contribution in [3.8, 4) is 0 Å². The summed E-state index contributed by atoms with van der Waals surface area (Å²) in [6.45, 7) is 0. The molecule has 184 valence electrons. The van der Waals surface area contributed by atoms with Gasteiger partial charge < -0.3 is 30.8 Å². The number of nitrogens with one attached hydrogen (secondary N) is 4. The van der Waals surface area contributed by atoms with Crippen molar-refractivity contribution >= 4 is 36.3 Å². The van der Waals surface area contributed by atoms with Gasteiger partial charge in [-0.3, -0.25) is 19.2 Å². The van der Waals surface area contributed by atoms with E-state index in [1.54, 1.807) is 0 Å². The number of aliphatic carboxylic acids is 2. The first-order chi connectivity index (χ1) is 17.2. The highest BCUT2D eigenvalue weighted by Gasteiger charge is 2.28. The molecule has 2 atom stereocenters. The standard InChI is InChI=1S/C22H18N6O8/c29-7-11-1-15(19(31)27-17(21(33)34)3-13-5-23-9-25-13)16(2-12(11)8-30)20(32)28-18(22(35)36)4-14-6-24-10-26-14/h1-2,5-6,9-10,17-18H,3-4H2,(H,23,25)(H,24,26)(H,27,31)(H,28,32)(H,33,34)(H,35,36)/t17-,18-/m0/s1. The van der Waals surface area contributed by atoms with Crippen LogP contribution in [0.4, 0.5) is 0 Å². The summed E-state index contributed by atoms with van der Waals surface area (Å²) < 4.78 is 0. The number of carboxylic acids is 2. The van der Waals surface area contributed by atoms with Crippen LogP contribution in [0.3, 0.4) is 0 Å². The van der Waals surface area contributed by atoms with Gasteiger partial charge in [0.1, 0.15) is 12.1 Å². The maximum atomic E-state index is 13.0. The summed E-state index contributed by atoms with van der Waals surface area (Å²) in [5.74, 6) is -4.95. The number of aromatic amines is 2. The lowest BCUT2D eigenvalue weighted by Crippen LogP contribution is -2.45. The van der Waals surface area contributed by atoms with Gasteiger partial charge in [0.2, 0.25) is 12.6 Å². The number of hydrogen-bond donors (Lipinski definition) is 6. The first-order valence-corrected chi connectivity index (χ1v) is 10.2. The van der Waals surface area contributed by atoms with Crippen LogP contribution >= 0.6 is 0 Å². The minimum Gasteiger partial charge on any atom is -0.480 e. The summed E-state index contributed by atoms with van der Waals surface area (Å²) in [7, 11) is 0. The zero-order chi connectivity index (χ0) is 26.2. The number of carbonyl (C=O) groups excluding carboxylic acids is 4. The van der Waals surface area contributed by atoms with Gasteiger partial charge >= 0.3 is 11.9 Å². The van der Waals surface area contributed by atoms with Crippen molar-refractivity contribution in [3.63, 3.8) is 0 Å². The third kappa shape index (κ3) is 6.05. The molecule has 0 saturated heterocycles. The number of aromatic nitrogens is 4. The topological polar surface area (TPSA) is 224 Å². The van der Waals surface area contributed by atoms with Crippen LogP contribution in [0, 0.1) is 0 Å². The van der Waals surface area contributed by atoms with E-state index in [4.69, 9.17) is 0 Å². The Hall–Kier alpha value is -5.14. The largest absolute Gasteiger partial charge is 0.480 e. The molecule has 0 unspecified atom stereocenters. The van der Waals surface area contributed by atoms with E-state index in [9.17, 15) is 39.0 Å². The molecule has 0 aliphatic heterocycles. The second-order valence-corrected chi connectivity index (χ2v) is 7.41. The molecule has 0 saturated carbocycles. The minimum absolute atomic E-state index is 0.205. The van der Waals surface area contributed by atoms with Gasteiger partial charge in [0.05, 0.1) is 35.2 Å². The van der Waals surface area contributed by atoms with Crippen LogP contribution < -0.4 is 10.6 Å².